The average molecular weight is 386 g/mol. The fourth-order valence-corrected chi connectivity index (χ4v) is 4.09. The smallest absolute Gasteiger partial charge is 0.245 e. The molecule has 1 aromatic carbocycles. The molecule has 0 saturated carbocycles. The van der Waals surface area contributed by atoms with Crippen molar-refractivity contribution in [3.63, 3.8) is 0 Å². The number of carbonyl (C=O) groups excluding carboxylic acids is 2. The minimum atomic E-state index is -0.542. The average Bonchev–Trinajstić information content (AvgIpc) is 3.13. The second-order valence-electron chi connectivity index (χ2n) is 6.62. The van der Waals surface area contributed by atoms with Crippen molar-refractivity contribution in [3.05, 3.63) is 63.6 Å². The summed E-state index contributed by atoms with van der Waals surface area (Å²) in [6.07, 6.45) is 5.14. The van der Waals surface area contributed by atoms with Crippen molar-refractivity contribution in [1.82, 2.24) is 10.2 Å². The van der Waals surface area contributed by atoms with E-state index in [1.807, 2.05) is 11.8 Å². The Balaban J connectivity index is 1.63. The summed E-state index contributed by atoms with van der Waals surface area (Å²) in [6.45, 7) is 3.27. The van der Waals surface area contributed by atoms with Crippen LogP contribution in [0.4, 0.5) is 4.39 Å². The van der Waals surface area contributed by atoms with E-state index in [1.54, 1.807) is 29.5 Å². The van der Waals surface area contributed by atoms with Crippen molar-refractivity contribution in [1.29, 1.82) is 0 Å². The minimum Gasteiger partial charge on any atom is -0.341 e. The van der Waals surface area contributed by atoms with Crippen molar-refractivity contribution in [3.8, 4) is 0 Å². The number of benzene rings is 1. The van der Waals surface area contributed by atoms with Gasteiger partial charge in [-0.2, -0.15) is 0 Å². The SMILES string of the molecule is CCCC(NC(=O)/C=C/c1cccc(F)c1)C(=O)N1CCc2sccc2C1. The monoisotopic (exact) mass is 386 g/mol. The standard InChI is InChI=1S/C21H23FN2O2S/c1-2-4-18(21(26)24-11-9-19-16(14-24)10-12-27-19)23-20(25)8-7-15-5-3-6-17(22)13-15/h3,5-8,10,12-13,18H,2,4,9,11,14H2,1H3,(H,23,25)/b8-7+. The number of halogens is 1. The molecule has 142 valence electrons. The molecule has 0 fully saturated rings. The van der Waals surface area contributed by atoms with Crippen LogP contribution in [0.1, 0.15) is 35.8 Å². The molecule has 0 saturated heterocycles. The number of nitrogens with zero attached hydrogens (tertiary/aromatic N) is 1. The third kappa shape index (κ3) is 5.04. The predicted octanol–water partition coefficient (Wildman–Crippen LogP) is 3.77. The van der Waals surface area contributed by atoms with Gasteiger partial charge in [-0.3, -0.25) is 9.59 Å². The van der Waals surface area contributed by atoms with E-state index in [2.05, 4.69) is 16.8 Å². The van der Waals surface area contributed by atoms with Gasteiger partial charge in [-0.05, 0) is 53.6 Å². The van der Waals surface area contributed by atoms with Crippen LogP contribution in [-0.2, 0) is 22.6 Å². The number of rotatable bonds is 6. The normalized spacial score (nSPS) is 14.8. The second-order valence-corrected chi connectivity index (χ2v) is 7.62. The maximum absolute atomic E-state index is 13.2. The molecule has 0 bridgehead atoms. The highest BCUT2D eigenvalue weighted by Crippen LogP contribution is 2.24. The summed E-state index contributed by atoms with van der Waals surface area (Å²) in [5.74, 6) is -0.741. The maximum Gasteiger partial charge on any atom is 0.245 e. The zero-order valence-electron chi connectivity index (χ0n) is 15.3. The lowest BCUT2D eigenvalue weighted by molar-refractivity contribution is -0.136. The van der Waals surface area contributed by atoms with Crippen LogP contribution in [0.3, 0.4) is 0 Å². The number of amides is 2. The van der Waals surface area contributed by atoms with Crippen LogP contribution in [0.2, 0.25) is 0 Å². The highest BCUT2D eigenvalue weighted by atomic mass is 32.1. The fourth-order valence-electron chi connectivity index (χ4n) is 3.21. The third-order valence-corrected chi connectivity index (χ3v) is 5.61. The van der Waals surface area contributed by atoms with Crippen molar-refractivity contribution in [2.45, 2.75) is 38.8 Å². The Morgan fingerprint density at radius 2 is 2.22 bits per heavy atom. The number of nitrogens with one attached hydrogen (secondary N) is 1. The van der Waals surface area contributed by atoms with Gasteiger partial charge in [0.15, 0.2) is 0 Å². The first-order chi connectivity index (χ1) is 13.1. The Bertz CT molecular complexity index is 846. The van der Waals surface area contributed by atoms with Gasteiger partial charge in [0.25, 0.3) is 0 Å². The highest BCUT2D eigenvalue weighted by molar-refractivity contribution is 7.10. The van der Waals surface area contributed by atoms with E-state index in [9.17, 15) is 14.0 Å². The molecule has 0 spiro atoms. The molecular formula is C21H23FN2O2S. The van der Waals surface area contributed by atoms with Crippen LogP contribution in [0, 0.1) is 5.82 Å². The van der Waals surface area contributed by atoms with Gasteiger partial charge in [-0.1, -0.05) is 25.5 Å². The topological polar surface area (TPSA) is 49.4 Å². The molecule has 0 radical (unpaired) electrons. The summed E-state index contributed by atoms with van der Waals surface area (Å²) in [5.41, 5.74) is 1.80. The lowest BCUT2D eigenvalue weighted by Gasteiger charge is -2.30. The van der Waals surface area contributed by atoms with E-state index in [0.717, 1.165) is 12.8 Å². The van der Waals surface area contributed by atoms with Gasteiger partial charge in [-0.25, -0.2) is 4.39 Å². The molecule has 27 heavy (non-hydrogen) atoms. The number of hydrogen-bond donors (Lipinski definition) is 1. The molecule has 0 aliphatic carbocycles. The zero-order valence-corrected chi connectivity index (χ0v) is 16.1. The van der Waals surface area contributed by atoms with E-state index in [1.165, 1.54) is 28.6 Å². The van der Waals surface area contributed by atoms with Gasteiger partial charge in [0.1, 0.15) is 11.9 Å². The molecule has 1 aliphatic rings. The van der Waals surface area contributed by atoms with Crippen LogP contribution in [0.25, 0.3) is 6.08 Å². The van der Waals surface area contributed by atoms with E-state index in [-0.39, 0.29) is 17.6 Å². The van der Waals surface area contributed by atoms with Gasteiger partial charge < -0.3 is 10.2 Å². The van der Waals surface area contributed by atoms with Crippen LogP contribution in [-0.4, -0.2) is 29.3 Å². The largest absolute Gasteiger partial charge is 0.341 e. The first-order valence-corrected chi connectivity index (χ1v) is 10.0. The Morgan fingerprint density at radius 3 is 3.00 bits per heavy atom. The summed E-state index contributed by atoms with van der Waals surface area (Å²) < 4.78 is 13.2. The summed E-state index contributed by atoms with van der Waals surface area (Å²) in [4.78, 5) is 28.4. The summed E-state index contributed by atoms with van der Waals surface area (Å²) in [5, 5.41) is 4.87. The summed E-state index contributed by atoms with van der Waals surface area (Å²) >= 11 is 1.73. The number of carbonyl (C=O) groups is 2. The van der Waals surface area contributed by atoms with Gasteiger partial charge >= 0.3 is 0 Å². The Morgan fingerprint density at radius 1 is 1.37 bits per heavy atom. The number of thiophene rings is 1. The van der Waals surface area contributed by atoms with Gasteiger partial charge in [0.05, 0.1) is 0 Å². The summed E-state index contributed by atoms with van der Waals surface area (Å²) in [6, 6.07) is 7.53. The quantitative estimate of drug-likeness (QED) is 0.769. The van der Waals surface area contributed by atoms with Crippen molar-refractivity contribution >= 4 is 29.2 Å². The molecule has 6 heteroatoms. The maximum atomic E-state index is 13.2. The molecule has 1 N–H and O–H groups in total. The van der Waals surface area contributed by atoms with Crippen molar-refractivity contribution in [2.75, 3.05) is 6.54 Å². The molecule has 1 aliphatic heterocycles. The highest BCUT2D eigenvalue weighted by Gasteiger charge is 2.27. The molecular weight excluding hydrogens is 363 g/mol. The van der Waals surface area contributed by atoms with Gasteiger partial charge in [0, 0.05) is 24.0 Å². The van der Waals surface area contributed by atoms with Crippen LogP contribution in [0.15, 0.2) is 41.8 Å². The first-order valence-electron chi connectivity index (χ1n) is 9.15. The second kappa shape index (κ2) is 8.95. The molecule has 2 aromatic rings. The van der Waals surface area contributed by atoms with Crippen molar-refractivity contribution in [2.24, 2.45) is 0 Å². The van der Waals surface area contributed by atoms with Crippen LogP contribution >= 0.6 is 11.3 Å². The van der Waals surface area contributed by atoms with E-state index < -0.39 is 6.04 Å². The molecule has 2 heterocycles. The van der Waals surface area contributed by atoms with E-state index in [0.29, 0.717) is 25.1 Å². The number of hydrogen-bond acceptors (Lipinski definition) is 3. The molecule has 3 rings (SSSR count). The zero-order chi connectivity index (χ0) is 19.2. The van der Waals surface area contributed by atoms with Crippen LogP contribution in [0.5, 0.6) is 0 Å². The van der Waals surface area contributed by atoms with Crippen LogP contribution < -0.4 is 5.32 Å². The van der Waals surface area contributed by atoms with Gasteiger partial charge in [0.2, 0.25) is 11.8 Å². The van der Waals surface area contributed by atoms with Gasteiger partial charge in [-0.15, -0.1) is 11.3 Å². The molecule has 1 atom stereocenters. The minimum absolute atomic E-state index is 0.0406. The number of fused-ring (bicyclic) bond motifs is 1. The molecule has 1 unspecified atom stereocenters. The molecule has 2 amide bonds. The molecule has 1 aromatic heterocycles. The van der Waals surface area contributed by atoms with E-state index >= 15 is 0 Å². The first kappa shape index (κ1) is 19.3. The fraction of sp³-hybridized carbons (Fsp3) is 0.333. The lowest BCUT2D eigenvalue weighted by atomic mass is 10.1. The van der Waals surface area contributed by atoms with Crippen molar-refractivity contribution < 1.29 is 14.0 Å². The van der Waals surface area contributed by atoms with E-state index in [4.69, 9.17) is 0 Å². The summed E-state index contributed by atoms with van der Waals surface area (Å²) in [7, 11) is 0. The Hall–Kier alpha value is -2.47. The molecule has 4 nitrogen and oxygen atoms in total. The predicted molar refractivity (Wildman–Crippen MR) is 106 cm³/mol. The Kier molecular flexibility index (Phi) is 6.40. The third-order valence-electron chi connectivity index (χ3n) is 4.59. The Labute approximate surface area is 162 Å². The lowest BCUT2D eigenvalue weighted by Crippen LogP contribution is -2.49.